The highest BCUT2D eigenvalue weighted by Crippen LogP contribution is 2.38. The molecule has 0 aromatic heterocycles. The minimum Gasteiger partial charge on any atom is -0.294 e. The first-order valence-corrected chi connectivity index (χ1v) is 6.01. The van der Waals surface area contributed by atoms with Crippen molar-refractivity contribution in [1.82, 2.24) is 0 Å². The van der Waals surface area contributed by atoms with Crippen molar-refractivity contribution in [2.24, 2.45) is 0 Å². The van der Waals surface area contributed by atoms with Crippen molar-refractivity contribution in [3.63, 3.8) is 0 Å². The molecule has 1 aliphatic carbocycles. The number of ketones is 1. The molecule has 2 aromatic rings. The zero-order valence-corrected chi connectivity index (χ0v) is 9.95. The average molecular weight is 243 g/mol. The number of fused-ring (bicyclic) bond motifs is 1. The van der Waals surface area contributed by atoms with Gasteiger partial charge < -0.3 is 0 Å². The van der Waals surface area contributed by atoms with Gasteiger partial charge in [0.15, 0.2) is 5.78 Å². The monoisotopic (exact) mass is 242 g/mol. The maximum atomic E-state index is 11.9. The van der Waals surface area contributed by atoms with E-state index in [9.17, 15) is 4.79 Å². The fraction of sp³-hybridized carbons (Fsp3) is 0.133. The molecule has 0 heterocycles. The molecule has 2 aromatic carbocycles. The zero-order chi connectivity index (χ0) is 11.8. The number of halogens is 1. The standard InChI is InChI=1S/C15H11ClO/c16-11-6-7-12-13(9-15(17)14(12)8-11)10-4-2-1-3-5-10/h1-8,13H,9H2/t13-/m0/s1. The van der Waals surface area contributed by atoms with Crippen molar-refractivity contribution >= 4 is 17.4 Å². The Balaban J connectivity index is 2.11. The van der Waals surface area contributed by atoms with E-state index in [0.29, 0.717) is 11.4 Å². The molecular formula is C15H11ClO. The van der Waals surface area contributed by atoms with Gasteiger partial charge in [0.25, 0.3) is 0 Å². The SMILES string of the molecule is O=C1C[C@@H](c2ccccc2)c2ccc(Cl)cc21. The molecule has 0 bridgehead atoms. The van der Waals surface area contributed by atoms with Crippen LogP contribution in [-0.4, -0.2) is 5.78 Å². The van der Waals surface area contributed by atoms with Gasteiger partial charge in [-0.25, -0.2) is 0 Å². The summed E-state index contributed by atoms with van der Waals surface area (Å²) < 4.78 is 0. The third-order valence-corrected chi connectivity index (χ3v) is 3.52. The molecule has 0 saturated carbocycles. The summed E-state index contributed by atoms with van der Waals surface area (Å²) in [6.07, 6.45) is 0.555. The molecule has 0 unspecified atom stereocenters. The Morgan fingerprint density at radius 1 is 1.06 bits per heavy atom. The lowest BCUT2D eigenvalue weighted by Crippen LogP contribution is -1.95. The van der Waals surface area contributed by atoms with Crippen LogP contribution in [0.1, 0.15) is 33.8 Å². The molecule has 1 atom stereocenters. The first-order chi connectivity index (χ1) is 8.25. The molecule has 0 aliphatic heterocycles. The lowest BCUT2D eigenvalue weighted by atomic mass is 9.93. The Bertz CT molecular complexity index is 575. The Morgan fingerprint density at radius 3 is 2.59 bits per heavy atom. The Kier molecular flexibility index (Phi) is 2.49. The van der Waals surface area contributed by atoms with E-state index in [1.807, 2.05) is 30.3 Å². The van der Waals surface area contributed by atoms with Crippen molar-refractivity contribution in [3.05, 3.63) is 70.2 Å². The van der Waals surface area contributed by atoms with E-state index in [2.05, 4.69) is 12.1 Å². The predicted molar refractivity (Wildman–Crippen MR) is 68.7 cm³/mol. The van der Waals surface area contributed by atoms with Gasteiger partial charge in [0.05, 0.1) is 0 Å². The second kappa shape index (κ2) is 4.01. The van der Waals surface area contributed by atoms with Crippen molar-refractivity contribution in [2.75, 3.05) is 0 Å². The third kappa shape index (κ3) is 1.77. The Labute approximate surface area is 105 Å². The van der Waals surface area contributed by atoms with Crippen molar-refractivity contribution in [2.45, 2.75) is 12.3 Å². The highest BCUT2D eigenvalue weighted by molar-refractivity contribution is 6.31. The number of Topliss-reactive ketones (excluding diaryl/α,β-unsaturated/α-hetero) is 1. The van der Waals surface area contributed by atoms with Crippen LogP contribution in [-0.2, 0) is 0 Å². The number of hydrogen-bond donors (Lipinski definition) is 0. The Hall–Kier alpha value is -1.60. The third-order valence-electron chi connectivity index (χ3n) is 3.28. The molecule has 0 fully saturated rings. The topological polar surface area (TPSA) is 17.1 Å². The summed E-state index contributed by atoms with van der Waals surface area (Å²) in [4.78, 5) is 11.9. The van der Waals surface area contributed by atoms with Crippen molar-refractivity contribution in [3.8, 4) is 0 Å². The maximum absolute atomic E-state index is 11.9. The number of rotatable bonds is 1. The first kappa shape index (κ1) is 10.5. The van der Waals surface area contributed by atoms with E-state index in [1.165, 1.54) is 5.56 Å². The van der Waals surface area contributed by atoms with Gasteiger partial charge in [-0.05, 0) is 23.3 Å². The van der Waals surface area contributed by atoms with Crippen molar-refractivity contribution < 1.29 is 4.79 Å². The highest BCUT2D eigenvalue weighted by atomic mass is 35.5. The molecule has 0 N–H and O–H groups in total. The summed E-state index contributed by atoms with van der Waals surface area (Å²) in [7, 11) is 0. The molecule has 0 amide bonds. The normalized spacial score (nSPS) is 18.2. The van der Waals surface area contributed by atoms with Gasteiger partial charge in [-0.3, -0.25) is 4.79 Å². The van der Waals surface area contributed by atoms with Gasteiger partial charge in [-0.2, -0.15) is 0 Å². The number of carbonyl (C=O) groups excluding carboxylic acids is 1. The predicted octanol–water partition coefficient (Wildman–Crippen LogP) is 4.06. The van der Waals surface area contributed by atoms with Crippen LogP contribution in [0.4, 0.5) is 0 Å². The van der Waals surface area contributed by atoms with Crippen LogP contribution >= 0.6 is 11.6 Å². The van der Waals surface area contributed by atoms with E-state index >= 15 is 0 Å². The smallest absolute Gasteiger partial charge is 0.164 e. The van der Waals surface area contributed by atoms with Crippen molar-refractivity contribution in [1.29, 1.82) is 0 Å². The van der Waals surface area contributed by atoms with Crippen LogP contribution in [0.3, 0.4) is 0 Å². The summed E-state index contributed by atoms with van der Waals surface area (Å²) in [6, 6.07) is 15.8. The van der Waals surface area contributed by atoms with Crippen LogP contribution in [0, 0.1) is 0 Å². The van der Waals surface area contributed by atoms with Gasteiger partial charge in [0.2, 0.25) is 0 Å². The second-order valence-corrected chi connectivity index (χ2v) is 4.76. The fourth-order valence-electron chi connectivity index (χ4n) is 2.46. The molecule has 0 radical (unpaired) electrons. The molecule has 84 valence electrons. The average Bonchev–Trinajstić information content (AvgIpc) is 2.68. The van der Waals surface area contributed by atoms with Gasteiger partial charge in [0.1, 0.15) is 0 Å². The largest absolute Gasteiger partial charge is 0.294 e. The lowest BCUT2D eigenvalue weighted by molar-refractivity contribution is 0.0991. The zero-order valence-electron chi connectivity index (χ0n) is 9.19. The molecule has 0 spiro atoms. The van der Waals surface area contributed by atoms with E-state index < -0.39 is 0 Å². The van der Waals surface area contributed by atoms with Crippen LogP contribution in [0.2, 0.25) is 5.02 Å². The number of hydrogen-bond acceptors (Lipinski definition) is 1. The molecule has 3 rings (SSSR count). The summed E-state index contributed by atoms with van der Waals surface area (Å²) in [5.74, 6) is 0.382. The molecule has 2 heteroatoms. The number of benzene rings is 2. The lowest BCUT2D eigenvalue weighted by Gasteiger charge is -2.10. The van der Waals surface area contributed by atoms with Crippen LogP contribution < -0.4 is 0 Å². The quantitative estimate of drug-likeness (QED) is 0.737. The van der Waals surface area contributed by atoms with Gasteiger partial charge in [-0.1, -0.05) is 48.0 Å². The summed E-state index contributed by atoms with van der Waals surface area (Å²) >= 11 is 5.93. The van der Waals surface area contributed by atoms with Gasteiger partial charge in [-0.15, -0.1) is 0 Å². The van der Waals surface area contributed by atoms with E-state index in [-0.39, 0.29) is 11.7 Å². The highest BCUT2D eigenvalue weighted by Gasteiger charge is 2.30. The van der Waals surface area contributed by atoms with E-state index in [1.54, 1.807) is 6.07 Å². The van der Waals surface area contributed by atoms with Crippen LogP contribution in [0.25, 0.3) is 0 Å². The molecule has 0 saturated heterocycles. The Morgan fingerprint density at radius 2 is 1.82 bits per heavy atom. The molecule has 1 nitrogen and oxygen atoms in total. The molecule has 1 aliphatic rings. The fourth-order valence-corrected chi connectivity index (χ4v) is 2.63. The summed E-state index contributed by atoms with van der Waals surface area (Å²) in [5, 5.41) is 0.630. The minimum atomic E-state index is 0.191. The van der Waals surface area contributed by atoms with Gasteiger partial charge >= 0.3 is 0 Å². The van der Waals surface area contributed by atoms with Gasteiger partial charge in [0, 0.05) is 22.9 Å². The van der Waals surface area contributed by atoms with E-state index in [4.69, 9.17) is 11.6 Å². The molecular weight excluding hydrogens is 232 g/mol. The first-order valence-electron chi connectivity index (χ1n) is 5.63. The molecule has 17 heavy (non-hydrogen) atoms. The number of carbonyl (C=O) groups is 1. The van der Waals surface area contributed by atoms with E-state index in [0.717, 1.165) is 11.1 Å². The summed E-state index contributed by atoms with van der Waals surface area (Å²) in [5.41, 5.74) is 3.08. The maximum Gasteiger partial charge on any atom is 0.164 e. The van der Waals surface area contributed by atoms with Crippen LogP contribution in [0.15, 0.2) is 48.5 Å². The summed E-state index contributed by atoms with van der Waals surface area (Å²) in [6.45, 7) is 0. The van der Waals surface area contributed by atoms with Crippen LogP contribution in [0.5, 0.6) is 0 Å². The minimum absolute atomic E-state index is 0.191. The second-order valence-electron chi connectivity index (χ2n) is 4.32.